The third kappa shape index (κ3) is 7.72. The fraction of sp³-hybridized carbons (Fsp3) is 0.375. The first kappa shape index (κ1) is 30.9. The van der Waals surface area contributed by atoms with Gasteiger partial charge in [0.2, 0.25) is 11.8 Å². The van der Waals surface area contributed by atoms with Crippen molar-refractivity contribution in [1.82, 2.24) is 10.2 Å². The van der Waals surface area contributed by atoms with Crippen molar-refractivity contribution in [3.05, 3.63) is 95.1 Å². The zero-order valence-corrected chi connectivity index (χ0v) is 25.2. The lowest BCUT2D eigenvalue weighted by Crippen LogP contribution is -2.51. The molecule has 214 valence electrons. The van der Waals surface area contributed by atoms with E-state index >= 15 is 0 Å². The average molecular weight is 564 g/mol. The van der Waals surface area contributed by atoms with Crippen LogP contribution in [0.2, 0.25) is 0 Å². The molecule has 0 aromatic heterocycles. The smallest absolute Gasteiger partial charge is 0.264 e. The van der Waals surface area contributed by atoms with Crippen LogP contribution in [0, 0.1) is 13.8 Å². The number of carbonyl (C=O) groups is 2. The maximum Gasteiger partial charge on any atom is 0.264 e. The number of anilines is 1. The fourth-order valence-corrected chi connectivity index (χ4v) is 5.79. The van der Waals surface area contributed by atoms with E-state index < -0.39 is 28.5 Å². The number of benzene rings is 3. The number of sulfonamides is 1. The van der Waals surface area contributed by atoms with Crippen LogP contribution in [0.5, 0.6) is 0 Å². The van der Waals surface area contributed by atoms with Crippen LogP contribution in [-0.2, 0) is 26.2 Å². The molecule has 0 saturated heterocycles. The largest absolute Gasteiger partial charge is 0.354 e. The molecule has 3 aromatic rings. The number of hydrogen-bond donors (Lipinski definition) is 1. The molecule has 0 heterocycles. The second-order valence-corrected chi connectivity index (χ2v) is 12.4. The quantitative estimate of drug-likeness (QED) is 0.312. The number of rotatable bonds is 12. The lowest BCUT2D eigenvalue weighted by molar-refractivity contribution is -0.139. The molecular formula is C32H41N3O4S. The van der Waals surface area contributed by atoms with Gasteiger partial charge in [0, 0.05) is 13.1 Å². The summed E-state index contributed by atoms with van der Waals surface area (Å²) in [4.78, 5) is 28.5. The zero-order valence-electron chi connectivity index (χ0n) is 24.3. The van der Waals surface area contributed by atoms with Gasteiger partial charge >= 0.3 is 0 Å². The van der Waals surface area contributed by atoms with E-state index in [0.717, 1.165) is 33.0 Å². The molecule has 1 N–H and O–H groups in total. The van der Waals surface area contributed by atoms with Crippen LogP contribution in [0.1, 0.15) is 62.3 Å². The first-order valence-electron chi connectivity index (χ1n) is 13.8. The van der Waals surface area contributed by atoms with Crippen LogP contribution in [0.4, 0.5) is 5.69 Å². The van der Waals surface area contributed by atoms with E-state index in [1.807, 2.05) is 57.2 Å². The molecule has 0 bridgehead atoms. The van der Waals surface area contributed by atoms with Crippen LogP contribution in [-0.4, -0.2) is 44.3 Å². The molecule has 0 radical (unpaired) electrons. The minimum atomic E-state index is -4.09. The SMILES string of the molecule is CCCNC(=O)[C@H](C)N(Cc1cccc(C)c1)C(=O)CN(c1ccc(C(C)C)cc1)S(=O)(=O)c1ccc(C)cc1. The van der Waals surface area contributed by atoms with Gasteiger partial charge in [-0.3, -0.25) is 13.9 Å². The van der Waals surface area contributed by atoms with Crippen molar-refractivity contribution in [2.24, 2.45) is 0 Å². The monoisotopic (exact) mass is 563 g/mol. The maximum absolute atomic E-state index is 14.0. The second kappa shape index (κ2) is 13.6. The Morgan fingerprint density at radius 1 is 0.875 bits per heavy atom. The van der Waals surface area contributed by atoms with E-state index in [2.05, 4.69) is 19.2 Å². The van der Waals surface area contributed by atoms with E-state index in [9.17, 15) is 18.0 Å². The third-order valence-corrected chi connectivity index (χ3v) is 8.68. The van der Waals surface area contributed by atoms with Gasteiger partial charge in [0.25, 0.3) is 10.0 Å². The Balaban J connectivity index is 2.03. The highest BCUT2D eigenvalue weighted by Gasteiger charge is 2.32. The molecule has 0 aliphatic carbocycles. The van der Waals surface area contributed by atoms with E-state index in [1.165, 1.54) is 4.90 Å². The van der Waals surface area contributed by atoms with Crippen LogP contribution in [0.25, 0.3) is 0 Å². The van der Waals surface area contributed by atoms with Gasteiger partial charge in [-0.25, -0.2) is 8.42 Å². The first-order chi connectivity index (χ1) is 18.9. The second-order valence-electron chi connectivity index (χ2n) is 10.5. The number of hydrogen-bond acceptors (Lipinski definition) is 4. The summed E-state index contributed by atoms with van der Waals surface area (Å²) < 4.78 is 29.0. The van der Waals surface area contributed by atoms with Crippen LogP contribution >= 0.6 is 0 Å². The lowest BCUT2D eigenvalue weighted by atomic mass is 10.0. The van der Waals surface area contributed by atoms with Crippen LogP contribution in [0.15, 0.2) is 77.7 Å². The fourth-order valence-electron chi connectivity index (χ4n) is 4.38. The Hall–Kier alpha value is -3.65. The van der Waals surface area contributed by atoms with Crippen molar-refractivity contribution >= 4 is 27.5 Å². The average Bonchev–Trinajstić information content (AvgIpc) is 2.93. The lowest BCUT2D eigenvalue weighted by Gasteiger charge is -2.32. The number of carbonyl (C=O) groups excluding carboxylic acids is 2. The Labute approximate surface area is 239 Å². The number of aryl methyl sites for hydroxylation is 2. The van der Waals surface area contributed by atoms with Gasteiger partial charge < -0.3 is 10.2 Å². The molecule has 40 heavy (non-hydrogen) atoms. The van der Waals surface area contributed by atoms with Crippen LogP contribution < -0.4 is 9.62 Å². The van der Waals surface area contributed by atoms with Crippen LogP contribution in [0.3, 0.4) is 0 Å². The summed E-state index contributed by atoms with van der Waals surface area (Å²) >= 11 is 0. The van der Waals surface area contributed by atoms with Gasteiger partial charge in [0.1, 0.15) is 12.6 Å². The highest BCUT2D eigenvalue weighted by Crippen LogP contribution is 2.27. The van der Waals surface area contributed by atoms with Crippen molar-refractivity contribution in [2.75, 3.05) is 17.4 Å². The number of amides is 2. The molecule has 7 nitrogen and oxygen atoms in total. The number of nitrogens with zero attached hydrogens (tertiary/aromatic N) is 2. The molecule has 0 aliphatic heterocycles. The van der Waals surface area contributed by atoms with E-state index in [4.69, 9.17) is 0 Å². The molecule has 0 saturated carbocycles. The van der Waals surface area contributed by atoms with Gasteiger partial charge in [-0.15, -0.1) is 0 Å². The molecule has 8 heteroatoms. The van der Waals surface area contributed by atoms with Crippen molar-refractivity contribution in [2.45, 2.75) is 71.4 Å². The summed E-state index contributed by atoms with van der Waals surface area (Å²) in [5.74, 6) is -0.480. The summed E-state index contributed by atoms with van der Waals surface area (Å²) in [5.41, 5.74) is 4.26. The number of nitrogens with one attached hydrogen (secondary N) is 1. The van der Waals surface area contributed by atoms with E-state index in [-0.39, 0.29) is 23.3 Å². The molecule has 0 aliphatic rings. The molecule has 0 spiro atoms. The maximum atomic E-state index is 14.0. The summed E-state index contributed by atoms with van der Waals surface area (Å²) in [5, 5.41) is 2.86. The van der Waals surface area contributed by atoms with E-state index in [0.29, 0.717) is 12.2 Å². The Morgan fingerprint density at radius 2 is 1.52 bits per heavy atom. The predicted octanol–water partition coefficient (Wildman–Crippen LogP) is 5.57. The highest BCUT2D eigenvalue weighted by molar-refractivity contribution is 7.92. The topological polar surface area (TPSA) is 86.8 Å². The van der Waals surface area contributed by atoms with Crippen molar-refractivity contribution < 1.29 is 18.0 Å². The Kier molecular flexibility index (Phi) is 10.5. The van der Waals surface area contributed by atoms with E-state index in [1.54, 1.807) is 43.3 Å². The Bertz CT molecular complexity index is 1400. The third-order valence-electron chi connectivity index (χ3n) is 6.89. The summed E-state index contributed by atoms with van der Waals surface area (Å²) in [6.45, 7) is 11.8. The zero-order chi connectivity index (χ0) is 29.4. The van der Waals surface area contributed by atoms with Crippen molar-refractivity contribution in [1.29, 1.82) is 0 Å². The highest BCUT2D eigenvalue weighted by atomic mass is 32.2. The molecular weight excluding hydrogens is 522 g/mol. The van der Waals surface area contributed by atoms with Crippen molar-refractivity contribution in [3.63, 3.8) is 0 Å². The molecule has 1 atom stereocenters. The molecule has 3 rings (SSSR count). The molecule has 0 unspecified atom stereocenters. The summed E-state index contributed by atoms with van der Waals surface area (Å²) in [6, 6.07) is 20.7. The first-order valence-corrected chi connectivity index (χ1v) is 15.2. The minimum Gasteiger partial charge on any atom is -0.354 e. The molecule has 2 amide bonds. The van der Waals surface area contributed by atoms with Gasteiger partial charge in [-0.1, -0.05) is 80.4 Å². The molecule has 0 fully saturated rings. The summed E-state index contributed by atoms with van der Waals surface area (Å²) in [6.07, 6.45) is 0.763. The van der Waals surface area contributed by atoms with Gasteiger partial charge in [0.05, 0.1) is 10.6 Å². The summed E-state index contributed by atoms with van der Waals surface area (Å²) in [7, 11) is -4.09. The van der Waals surface area contributed by atoms with Gasteiger partial charge in [0.15, 0.2) is 0 Å². The van der Waals surface area contributed by atoms with Crippen molar-refractivity contribution in [3.8, 4) is 0 Å². The standard InChI is InChI=1S/C32H41N3O4S/c1-7-19-33-32(37)26(6)34(21-27-10-8-9-25(5)20-27)31(36)22-35(29-15-13-28(14-16-29)23(2)3)40(38,39)30-17-11-24(4)12-18-30/h8-18,20,23,26H,7,19,21-22H2,1-6H3,(H,33,37)/t26-/m0/s1. The van der Waals surface area contributed by atoms with Gasteiger partial charge in [-0.2, -0.15) is 0 Å². The minimum absolute atomic E-state index is 0.0952. The Morgan fingerprint density at radius 3 is 2.10 bits per heavy atom. The molecule has 3 aromatic carbocycles. The van der Waals surface area contributed by atoms with Gasteiger partial charge in [-0.05, 0) is 68.5 Å². The normalized spacial score (nSPS) is 12.2. The predicted molar refractivity (Wildman–Crippen MR) is 161 cm³/mol.